The fourth-order valence-electron chi connectivity index (χ4n) is 1.68. The molecule has 0 saturated carbocycles. The van der Waals surface area contributed by atoms with Crippen LogP contribution in [0.3, 0.4) is 0 Å². The lowest BCUT2D eigenvalue weighted by atomic mass is 9.94. The molecular formula is C15H22ClNO2. The predicted octanol–water partition coefficient (Wildman–Crippen LogP) is 3.18. The first-order valence-electron chi connectivity index (χ1n) is 6.47. The largest absolute Gasteiger partial charge is 0.494 e. The Labute approximate surface area is 120 Å². The highest BCUT2D eigenvalue weighted by atomic mass is 35.5. The number of carbonyl (C=O) groups excluding carboxylic acids is 1. The van der Waals surface area contributed by atoms with Crippen molar-refractivity contribution in [2.75, 3.05) is 26.1 Å². The van der Waals surface area contributed by atoms with Crippen molar-refractivity contribution in [3.05, 3.63) is 30.3 Å². The van der Waals surface area contributed by atoms with Gasteiger partial charge in [-0.1, -0.05) is 18.2 Å². The van der Waals surface area contributed by atoms with E-state index in [1.54, 1.807) is 11.9 Å². The number of para-hydroxylation sites is 1. The summed E-state index contributed by atoms with van der Waals surface area (Å²) >= 11 is 5.80. The van der Waals surface area contributed by atoms with E-state index in [-0.39, 0.29) is 5.91 Å². The first kappa shape index (κ1) is 15.8. The van der Waals surface area contributed by atoms with E-state index < -0.39 is 5.41 Å². The van der Waals surface area contributed by atoms with Crippen LogP contribution in [0.5, 0.6) is 5.75 Å². The van der Waals surface area contributed by atoms with Crippen molar-refractivity contribution < 1.29 is 9.53 Å². The number of ether oxygens (including phenoxy) is 1. The minimum Gasteiger partial charge on any atom is -0.494 e. The van der Waals surface area contributed by atoms with E-state index in [9.17, 15) is 4.79 Å². The lowest BCUT2D eigenvalue weighted by molar-refractivity contribution is -0.137. The SMILES string of the molecule is CN(CCCOc1ccccc1)C(=O)C(C)(C)CCl. The molecule has 0 aliphatic rings. The van der Waals surface area contributed by atoms with Gasteiger partial charge in [0.1, 0.15) is 5.75 Å². The molecule has 0 fully saturated rings. The Morgan fingerprint density at radius 2 is 1.95 bits per heavy atom. The van der Waals surface area contributed by atoms with Gasteiger partial charge in [0.25, 0.3) is 0 Å². The molecule has 0 spiro atoms. The van der Waals surface area contributed by atoms with Crippen molar-refractivity contribution in [1.29, 1.82) is 0 Å². The molecule has 19 heavy (non-hydrogen) atoms. The first-order chi connectivity index (χ1) is 8.97. The number of halogens is 1. The molecule has 1 amide bonds. The van der Waals surface area contributed by atoms with E-state index in [1.807, 2.05) is 44.2 Å². The van der Waals surface area contributed by atoms with Crippen LogP contribution in [0.4, 0.5) is 0 Å². The number of amides is 1. The smallest absolute Gasteiger partial charge is 0.229 e. The predicted molar refractivity (Wildman–Crippen MR) is 78.7 cm³/mol. The van der Waals surface area contributed by atoms with Crippen molar-refractivity contribution >= 4 is 17.5 Å². The number of hydrogen-bond acceptors (Lipinski definition) is 2. The fourth-order valence-corrected chi connectivity index (χ4v) is 1.80. The van der Waals surface area contributed by atoms with Crippen LogP contribution in [-0.4, -0.2) is 36.9 Å². The molecule has 4 heteroatoms. The van der Waals surface area contributed by atoms with Crippen LogP contribution in [0, 0.1) is 5.41 Å². The normalized spacial score (nSPS) is 11.2. The Bertz CT molecular complexity index is 392. The standard InChI is InChI=1S/C15H22ClNO2/c1-15(2,12-16)14(18)17(3)10-7-11-19-13-8-5-4-6-9-13/h4-6,8-9H,7,10-12H2,1-3H3. The Morgan fingerprint density at radius 3 is 2.53 bits per heavy atom. The lowest BCUT2D eigenvalue weighted by Crippen LogP contribution is -2.40. The van der Waals surface area contributed by atoms with Crippen LogP contribution in [0.25, 0.3) is 0 Å². The van der Waals surface area contributed by atoms with Gasteiger partial charge in [-0.25, -0.2) is 0 Å². The molecule has 0 aliphatic carbocycles. The number of hydrogen-bond donors (Lipinski definition) is 0. The zero-order valence-corrected chi connectivity index (χ0v) is 12.6. The van der Waals surface area contributed by atoms with E-state index in [2.05, 4.69) is 0 Å². The van der Waals surface area contributed by atoms with Crippen molar-refractivity contribution in [3.8, 4) is 5.75 Å². The molecule has 0 unspecified atom stereocenters. The third-order valence-electron chi connectivity index (χ3n) is 2.91. The molecule has 1 rings (SSSR count). The highest BCUT2D eigenvalue weighted by molar-refractivity contribution is 6.19. The van der Waals surface area contributed by atoms with Crippen LogP contribution in [0.2, 0.25) is 0 Å². The summed E-state index contributed by atoms with van der Waals surface area (Å²) in [5, 5.41) is 0. The summed E-state index contributed by atoms with van der Waals surface area (Å²) in [5.74, 6) is 1.26. The van der Waals surface area contributed by atoms with Crippen molar-refractivity contribution in [1.82, 2.24) is 4.90 Å². The van der Waals surface area contributed by atoms with Gasteiger partial charge in [0.2, 0.25) is 5.91 Å². The number of benzene rings is 1. The molecule has 0 heterocycles. The van der Waals surface area contributed by atoms with Gasteiger partial charge in [-0.2, -0.15) is 0 Å². The molecule has 3 nitrogen and oxygen atoms in total. The second kappa shape index (κ2) is 7.39. The highest BCUT2D eigenvalue weighted by Gasteiger charge is 2.29. The number of rotatable bonds is 7. The first-order valence-corrected chi connectivity index (χ1v) is 7.00. The van der Waals surface area contributed by atoms with E-state index in [0.29, 0.717) is 19.0 Å². The summed E-state index contributed by atoms with van der Waals surface area (Å²) < 4.78 is 5.58. The molecular weight excluding hydrogens is 262 g/mol. The maximum Gasteiger partial charge on any atom is 0.229 e. The molecule has 1 aromatic carbocycles. The molecule has 0 radical (unpaired) electrons. The third kappa shape index (κ3) is 5.11. The second-order valence-corrected chi connectivity index (χ2v) is 5.53. The van der Waals surface area contributed by atoms with Gasteiger partial charge in [-0.15, -0.1) is 11.6 Å². The molecule has 0 atom stereocenters. The average Bonchev–Trinajstić information content (AvgIpc) is 2.43. The van der Waals surface area contributed by atoms with Crippen molar-refractivity contribution in [2.45, 2.75) is 20.3 Å². The zero-order valence-electron chi connectivity index (χ0n) is 11.9. The van der Waals surface area contributed by atoms with E-state index in [0.717, 1.165) is 12.2 Å². The average molecular weight is 284 g/mol. The number of nitrogens with zero attached hydrogens (tertiary/aromatic N) is 1. The maximum absolute atomic E-state index is 12.1. The molecule has 1 aromatic rings. The number of alkyl halides is 1. The monoisotopic (exact) mass is 283 g/mol. The molecule has 0 saturated heterocycles. The Morgan fingerprint density at radius 1 is 1.32 bits per heavy atom. The van der Waals surface area contributed by atoms with Crippen LogP contribution in [0.1, 0.15) is 20.3 Å². The van der Waals surface area contributed by atoms with Crippen LogP contribution >= 0.6 is 11.6 Å². The Hall–Kier alpha value is -1.22. The van der Waals surface area contributed by atoms with Crippen molar-refractivity contribution in [3.63, 3.8) is 0 Å². The van der Waals surface area contributed by atoms with Crippen molar-refractivity contribution in [2.24, 2.45) is 5.41 Å². The van der Waals surface area contributed by atoms with Gasteiger partial charge in [0.05, 0.1) is 12.0 Å². The molecule has 0 bridgehead atoms. The molecule has 0 aromatic heterocycles. The highest BCUT2D eigenvalue weighted by Crippen LogP contribution is 2.20. The molecule has 0 aliphatic heterocycles. The van der Waals surface area contributed by atoms with E-state index in [4.69, 9.17) is 16.3 Å². The van der Waals surface area contributed by atoms with Gasteiger partial charge in [0, 0.05) is 19.5 Å². The summed E-state index contributed by atoms with van der Waals surface area (Å²) in [5.41, 5.74) is -0.503. The number of carbonyl (C=O) groups is 1. The van der Waals surface area contributed by atoms with Gasteiger partial charge >= 0.3 is 0 Å². The molecule has 0 N–H and O–H groups in total. The van der Waals surface area contributed by atoms with Crippen LogP contribution < -0.4 is 4.74 Å². The second-order valence-electron chi connectivity index (χ2n) is 5.26. The fraction of sp³-hybridized carbons (Fsp3) is 0.533. The third-order valence-corrected chi connectivity index (χ3v) is 3.58. The summed E-state index contributed by atoms with van der Waals surface area (Å²) in [7, 11) is 1.80. The van der Waals surface area contributed by atoms with Gasteiger partial charge in [0.15, 0.2) is 0 Å². The minimum atomic E-state index is -0.503. The molecule has 106 valence electrons. The van der Waals surface area contributed by atoms with E-state index >= 15 is 0 Å². The van der Waals surface area contributed by atoms with E-state index in [1.165, 1.54) is 0 Å². The summed E-state index contributed by atoms with van der Waals surface area (Å²) in [6, 6.07) is 9.67. The van der Waals surface area contributed by atoms with Gasteiger partial charge in [-0.3, -0.25) is 4.79 Å². The quantitative estimate of drug-likeness (QED) is 0.568. The van der Waals surface area contributed by atoms with Crippen LogP contribution in [-0.2, 0) is 4.79 Å². The minimum absolute atomic E-state index is 0.0715. The van der Waals surface area contributed by atoms with Crippen LogP contribution in [0.15, 0.2) is 30.3 Å². The summed E-state index contributed by atoms with van der Waals surface area (Å²) in [4.78, 5) is 13.8. The lowest BCUT2D eigenvalue weighted by Gasteiger charge is -2.27. The van der Waals surface area contributed by atoms with Gasteiger partial charge < -0.3 is 9.64 Å². The summed E-state index contributed by atoms with van der Waals surface area (Å²) in [6.07, 6.45) is 0.801. The Balaban J connectivity index is 2.28. The zero-order chi connectivity index (χ0) is 14.3. The van der Waals surface area contributed by atoms with Gasteiger partial charge in [-0.05, 0) is 32.4 Å². The topological polar surface area (TPSA) is 29.5 Å². The maximum atomic E-state index is 12.1. The summed E-state index contributed by atoms with van der Waals surface area (Å²) in [6.45, 7) is 4.99. The Kier molecular flexibility index (Phi) is 6.16.